The Balaban J connectivity index is 1.92. The number of fused-ring (bicyclic) bond motifs is 1. The average molecular weight is 387 g/mol. The van der Waals surface area contributed by atoms with E-state index in [2.05, 4.69) is 9.97 Å². The van der Waals surface area contributed by atoms with E-state index in [0.717, 1.165) is 22.3 Å². The van der Waals surface area contributed by atoms with Crippen LogP contribution in [0.4, 0.5) is 0 Å². The van der Waals surface area contributed by atoms with Gasteiger partial charge in [-0.1, -0.05) is 53.5 Å². The van der Waals surface area contributed by atoms with Crippen molar-refractivity contribution in [2.45, 2.75) is 6.92 Å². The molecule has 4 rings (SSSR count). The number of hydrogen-bond donors (Lipinski definition) is 1. The fourth-order valence-electron chi connectivity index (χ4n) is 2.79. The van der Waals surface area contributed by atoms with E-state index in [9.17, 15) is 4.79 Å². The van der Waals surface area contributed by atoms with E-state index in [1.54, 1.807) is 12.1 Å². The summed E-state index contributed by atoms with van der Waals surface area (Å²) in [4.78, 5) is 21.0. The molecule has 4 aromatic rings. The van der Waals surface area contributed by atoms with E-state index in [1.807, 2.05) is 42.6 Å². The second-order valence-electron chi connectivity index (χ2n) is 5.69. The van der Waals surface area contributed by atoms with Crippen molar-refractivity contribution in [3.05, 3.63) is 73.8 Å². The lowest BCUT2D eigenvalue weighted by atomic mass is 10.1. The third-order valence-electron chi connectivity index (χ3n) is 4.07. The van der Waals surface area contributed by atoms with Crippen LogP contribution in [-0.4, -0.2) is 9.97 Å². The standard InChI is InChI=1S/C19H12Cl2N2OS/c1-10-4-2-3-5-12(10)17-22-18(24)16-13(9-25-19(16)23-17)11-6-7-14(20)15(21)8-11/h2-9H,1H3,(H,22,23,24). The number of aromatic nitrogens is 2. The van der Waals surface area contributed by atoms with Gasteiger partial charge in [0.05, 0.1) is 15.4 Å². The van der Waals surface area contributed by atoms with Gasteiger partial charge in [0.2, 0.25) is 0 Å². The van der Waals surface area contributed by atoms with E-state index >= 15 is 0 Å². The van der Waals surface area contributed by atoms with Gasteiger partial charge in [-0.2, -0.15) is 0 Å². The van der Waals surface area contributed by atoms with E-state index in [0.29, 0.717) is 26.1 Å². The summed E-state index contributed by atoms with van der Waals surface area (Å²) in [7, 11) is 0. The molecule has 0 aliphatic rings. The van der Waals surface area contributed by atoms with Crippen molar-refractivity contribution >= 4 is 44.8 Å². The Bertz CT molecular complexity index is 1160. The number of hydrogen-bond acceptors (Lipinski definition) is 3. The first-order chi connectivity index (χ1) is 12.0. The van der Waals surface area contributed by atoms with Crippen LogP contribution >= 0.6 is 34.5 Å². The summed E-state index contributed by atoms with van der Waals surface area (Å²) in [6.45, 7) is 2.00. The molecule has 0 fully saturated rings. The molecule has 0 saturated heterocycles. The number of H-pyrrole nitrogens is 1. The summed E-state index contributed by atoms with van der Waals surface area (Å²) in [5.41, 5.74) is 3.48. The van der Waals surface area contributed by atoms with Crippen LogP contribution in [0.3, 0.4) is 0 Å². The first kappa shape index (κ1) is 16.3. The van der Waals surface area contributed by atoms with Crippen molar-refractivity contribution in [2.75, 3.05) is 0 Å². The summed E-state index contributed by atoms with van der Waals surface area (Å²) in [5, 5.41) is 3.44. The number of nitrogens with zero attached hydrogens (tertiary/aromatic N) is 1. The van der Waals surface area contributed by atoms with Crippen molar-refractivity contribution < 1.29 is 0 Å². The van der Waals surface area contributed by atoms with E-state index < -0.39 is 0 Å². The predicted octanol–water partition coefficient (Wildman–Crippen LogP) is 5.93. The van der Waals surface area contributed by atoms with Gasteiger partial charge >= 0.3 is 0 Å². The maximum absolute atomic E-state index is 12.7. The molecule has 0 spiro atoms. The Labute approximate surface area is 157 Å². The van der Waals surface area contributed by atoms with E-state index in [-0.39, 0.29) is 5.56 Å². The Hall–Kier alpha value is -2.14. The van der Waals surface area contributed by atoms with Crippen LogP contribution in [0.25, 0.3) is 32.7 Å². The van der Waals surface area contributed by atoms with Crippen molar-refractivity contribution in [3.8, 4) is 22.5 Å². The van der Waals surface area contributed by atoms with Crippen LogP contribution in [0.1, 0.15) is 5.56 Å². The zero-order valence-corrected chi connectivity index (χ0v) is 15.5. The van der Waals surface area contributed by atoms with Crippen LogP contribution < -0.4 is 5.56 Å². The topological polar surface area (TPSA) is 45.8 Å². The number of aromatic amines is 1. The summed E-state index contributed by atoms with van der Waals surface area (Å²) in [5.74, 6) is 0.582. The van der Waals surface area contributed by atoms with Gasteiger partial charge in [-0.25, -0.2) is 4.98 Å². The molecule has 0 bridgehead atoms. The minimum Gasteiger partial charge on any atom is -0.306 e. The quantitative estimate of drug-likeness (QED) is 0.463. The van der Waals surface area contributed by atoms with Crippen molar-refractivity contribution in [1.29, 1.82) is 0 Å². The maximum Gasteiger partial charge on any atom is 0.260 e. The fraction of sp³-hybridized carbons (Fsp3) is 0.0526. The van der Waals surface area contributed by atoms with Gasteiger partial charge in [0.25, 0.3) is 5.56 Å². The zero-order chi connectivity index (χ0) is 17.6. The highest BCUT2D eigenvalue weighted by Gasteiger charge is 2.15. The van der Waals surface area contributed by atoms with E-state index in [4.69, 9.17) is 23.2 Å². The molecule has 1 N–H and O–H groups in total. The molecule has 0 saturated carbocycles. The van der Waals surface area contributed by atoms with Crippen molar-refractivity contribution in [1.82, 2.24) is 9.97 Å². The van der Waals surface area contributed by atoms with Gasteiger partial charge < -0.3 is 4.98 Å². The van der Waals surface area contributed by atoms with E-state index in [1.165, 1.54) is 11.3 Å². The minimum absolute atomic E-state index is 0.162. The second kappa shape index (κ2) is 6.30. The molecule has 2 aromatic carbocycles. The molecule has 0 aliphatic carbocycles. The summed E-state index contributed by atoms with van der Waals surface area (Å²) in [6.07, 6.45) is 0. The Morgan fingerprint density at radius 2 is 1.84 bits per heavy atom. The zero-order valence-electron chi connectivity index (χ0n) is 13.1. The Kier molecular flexibility index (Phi) is 4.12. The third kappa shape index (κ3) is 2.86. The summed E-state index contributed by atoms with van der Waals surface area (Å²) in [6, 6.07) is 13.2. The van der Waals surface area contributed by atoms with Gasteiger partial charge in [-0.3, -0.25) is 4.79 Å². The second-order valence-corrected chi connectivity index (χ2v) is 7.36. The van der Waals surface area contributed by atoms with Crippen molar-refractivity contribution in [2.24, 2.45) is 0 Å². The third-order valence-corrected chi connectivity index (χ3v) is 5.69. The molecular formula is C19H12Cl2N2OS. The SMILES string of the molecule is Cc1ccccc1-c1nc2scc(-c3ccc(Cl)c(Cl)c3)c2c(=O)[nH]1. The highest BCUT2D eigenvalue weighted by Crippen LogP contribution is 2.35. The molecule has 0 unspecified atom stereocenters. The molecule has 0 atom stereocenters. The molecule has 2 aromatic heterocycles. The molecule has 25 heavy (non-hydrogen) atoms. The maximum atomic E-state index is 12.7. The molecular weight excluding hydrogens is 375 g/mol. The molecule has 6 heteroatoms. The lowest BCUT2D eigenvalue weighted by molar-refractivity contribution is 1.18. The van der Waals surface area contributed by atoms with Gasteiger partial charge in [-0.15, -0.1) is 11.3 Å². The number of nitrogens with one attached hydrogen (secondary N) is 1. The average Bonchev–Trinajstić information content (AvgIpc) is 3.02. The number of aryl methyl sites for hydroxylation is 1. The fourth-order valence-corrected chi connectivity index (χ4v) is 4.04. The van der Waals surface area contributed by atoms with Gasteiger partial charge in [0.15, 0.2) is 0 Å². The lowest BCUT2D eigenvalue weighted by Gasteiger charge is -2.05. The Morgan fingerprint density at radius 1 is 1.04 bits per heavy atom. The van der Waals surface area contributed by atoms with Crippen molar-refractivity contribution in [3.63, 3.8) is 0 Å². The van der Waals surface area contributed by atoms with Crippen LogP contribution in [0.15, 0.2) is 52.6 Å². The first-order valence-electron chi connectivity index (χ1n) is 7.57. The first-order valence-corrected chi connectivity index (χ1v) is 9.21. The minimum atomic E-state index is -0.162. The Morgan fingerprint density at radius 3 is 2.60 bits per heavy atom. The highest BCUT2D eigenvalue weighted by molar-refractivity contribution is 7.17. The molecule has 0 aliphatic heterocycles. The van der Waals surface area contributed by atoms with Gasteiger partial charge in [0, 0.05) is 16.5 Å². The predicted molar refractivity (Wildman–Crippen MR) is 106 cm³/mol. The smallest absolute Gasteiger partial charge is 0.260 e. The van der Waals surface area contributed by atoms with Crippen LogP contribution in [0.2, 0.25) is 10.0 Å². The summed E-state index contributed by atoms with van der Waals surface area (Å²) >= 11 is 13.5. The number of benzene rings is 2. The molecule has 124 valence electrons. The van der Waals surface area contributed by atoms with Gasteiger partial charge in [-0.05, 0) is 30.2 Å². The molecule has 0 radical (unpaired) electrons. The van der Waals surface area contributed by atoms with Gasteiger partial charge in [0.1, 0.15) is 10.7 Å². The largest absolute Gasteiger partial charge is 0.306 e. The van der Waals surface area contributed by atoms with Crippen LogP contribution in [-0.2, 0) is 0 Å². The summed E-state index contributed by atoms with van der Waals surface area (Å²) < 4.78 is 0. The molecule has 0 amide bonds. The number of thiophene rings is 1. The normalized spacial score (nSPS) is 11.2. The monoisotopic (exact) mass is 386 g/mol. The number of halogens is 2. The molecule has 2 heterocycles. The number of rotatable bonds is 2. The highest BCUT2D eigenvalue weighted by atomic mass is 35.5. The van der Waals surface area contributed by atoms with Crippen LogP contribution in [0.5, 0.6) is 0 Å². The van der Waals surface area contributed by atoms with Crippen LogP contribution in [0, 0.1) is 6.92 Å². The molecule has 3 nitrogen and oxygen atoms in total. The lowest BCUT2D eigenvalue weighted by Crippen LogP contribution is -2.09.